The van der Waals surface area contributed by atoms with Crippen molar-refractivity contribution in [3.8, 4) is 0 Å². The summed E-state index contributed by atoms with van der Waals surface area (Å²) < 4.78 is 0. The molecule has 0 radical (unpaired) electrons. The number of hydrogen-bond acceptors (Lipinski definition) is 5. The highest BCUT2D eigenvalue weighted by atomic mass is 16.2. The van der Waals surface area contributed by atoms with Crippen molar-refractivity contribution in [2.24, 2.45) is 5.73 Å². The molecule has 0 aliphatic heterocycles. The number of nitrogens with one attached hydrogen (secondary N) is 2. The van der Waals surface area contributed by atoms with E-state index in [1.165, 1.54) is 0 Å². The Labute approximate surface area is 81.3 Å². The molecule has 0 saturated heterocycles. The molecule has 0 spiro atoms. The van der Waals surface area contributed by atoms with Crippen molar-refractivity contribution in [3.05, 3.63) is 5.82 Å². The molecule has 1 aromatic rings. The zero-order valence-electron chi connectivity index (χ0n) is 8.16. The molecule has 0 aliphatic rings. The van der Waals surface area contributed by atoms with Crippen LogP contribution in [-0.4, -0.2) is 33.2 Å². The number of aromatic nitrogens is 3. The number of nitrogens with two attached hydrogens (primary N) is 2. The van der Waals surface area contributed by atoms with Crippen molar-refractivity contribution in [2.45, 2.75) is 19.4 Å². The number of anilines is 1. The van der Waals surface area contributed by atoms with Crippen LogP contribution >= 0.6 is 0 Å². The maximum absolute atomic E-state index is 11.5. The Kier molecular flexibility index (Phi) is 2.70. The lowest BCUT2D eigenvalue weighted by Crippen LogP contribution is -2.49. The molecular weight excluding hydrogens is 184 g/mol. The second-order valence-corrected chi connectivity index (χ2v) is 3.58. The minimum atomic E-state index is -0.474. The van der Waals surface area contributed by atoms with Crippen LogP contribution in [0.2, 0.25) is 0 Å². The number of rotatable bonds is 3. The summed E-state index contributed by atoms with van der Waals surface area (Å²) in [5, 5.41) is 8.64. The van der Waals surface area contributed by atoms with Crippen molar-refractivity contribution in [1.82, 2.24) is 20.5 Å². The van der Waals surface area contributed by atoms with Gasteiger partial charge in [0.1, 0.15) is 0 Å². The summed E-state index contributed by atoms with van der Waals surface area (Å²) in [5.74, 6) is -0.241. The first-order valence-corrected chi connectivity index (χ1v) is 4.15. The van der Waals surface area contributed by atoms with E-state index < -0.39 is 5.54 Å². The number of carbonyl (C=O) groups is 1. The average molecular weight is 198 g/mol. The van der Waals surface area contributed by atoms with Crippen molar-refractivity contribution < 1.29 is 4.79 Å². The van der Waals surface area contributed by atoms with Gasteiger partial charge in [-0.15, -0.1) is 5.10 Å². The largest absolute Gasteiger partial charge is 0.366 e. The second-order valence-electron chi connectivity index (χ2n) is 3.58. The number of nitrogen functional groups attached to an aromatic ring is 1. The fraction of sp³-hybridized carbons (Fsp3) is 0.571. The third-order valence-electron chi connectivity index (χ3n) is 1.68. The molecule has 7 nitrogen and oxygen atoms in total. The van der Waals surface area contributed by atoms with Gasteiger partial charge in [-0.1, -0.05) is 0 Å². The van der Waals surface area contributed by atoms with Gasteiger partial charge in [0.25, 0.3) is 5.91 Å². The molecule has 78 valence electrons. The van der Waals surface area contributed by atoms with Gasteiger partial charge in [0.05, 0.1) is 0 Å². The fourth-order valence-electron chi connectivity index (χ4n) is 0.794. The molecule has 0 unspecified atom stereocenters. The summed E-state index contributed by atoms with van der Waals surface area (Å²) in [6.07, 6.45) is 0. The number of nitrogens with zero attached hydrogens (tertiary/aromatic N) is 2. The van der Waals surface area contributed by atoms with Crippen LogP contribution in [0.1, 0.15) is 24.5 Å². The van der Waals surface area contributed by atoms with Crippen LogP contribution in [0.3, 0.4) is 0 Å². The van der Waals surface area contributed by atoms with Crippen LogP contribution in [0.4, 0.5) is 5.95 Å². The molecular formula is C7H14N6O. The van der Waals surface area contributed by atoms with Crippen molar-refractivity contribution >= 4 is 11.9 Å². The van der Waals surface area contributed by atoms with Gasteiger partial charge in [-0.05, 0) is 13.8 Å². The molecule has 0 aromatic carbocycles. The standard InChI is InChI=1S/C7H14N6O/c1-7(2,3-8)11-5(14)4-10-6(9)13-12-4/h3,8H2,1-2H3,(H,11,14)(H3,9,10,12,13). The van der Waals surface area contributed by atoms with Gasteiger partial charge in [0, 0.05) is 12.1 Å². The highest BCUT2D eigenvalue weighted by molar-refractivity contribution is 5.91. The predicted molar refractivity (Wildman–Crippen MR) is 51.4 cm³/mol. The number of H-pyrrole nitrogens is 1. The summed E-state index contributed by atoms with van der Waals surface area (Å²) >= 11 is 0. The lowest BCUT2D eigenvalue weighted by molar-refractivity contribution is 0.0905. The summed E-state index contributed by atoms with van der Waals surface area (Å²) in [6, 6.07) is 0. The van der Waals surface area contributed by atoms with E-state index in [-0.39, 0.29) is 17.7 Å². The molecule has 1 aromatic heterocycles. The molecule has 6 N–H and O–H groups in total. The molecule has 1 rings (SSSR count). The van der Waals surface area contributed by atoms with Gasteiger partial charge in [-0.25, -0.2) is 0 Å². The van der Waals surface area contributed by atoms with Crippen LogP contribution in [-0.2, 0) is 0 Å². The predicted octanol–water partition coefficient (Wildman–Crippen LogP) is -1.15. The Morgan fingerprint density at radius 2 is 2.29 bits per heavy atom. The quantitative estimate of drug-likeness (QED) is 0.488. The van der Waals surface area contributed by atoms with Crippen molar-refractivity contribution in [3.63, 3.8) is 0 Å². The lowest BCUT2D eigenvalue weighted by atomic mass is 10.1. The summed E-state index contributed by atoms with van der Waals surface area (Å²) in [5.41, 5.74) is 10.2. The number of hydrogen-bond donors (Lipinski definition) is 4. The molecule has 7 heteroatoms. The molecule has 14 heavy (non-hydrogen) atoms. The lowest BCUT2D eigenvalue weighted by Gasteiger charge is -2.23. The first-order valence-electron chi connectivity index (χ1n) is 4.15. The van der Waals surface area contributed by atoms with E-state index in [4.69, 9.17) is 11.5 Å². The van der Waals surface area contributed by atoms with Crippen LogP contribution < -0.4 is 16.8 Å². The summed E-state index contributed by atoms with van der Waals surface area (Å²) in [4.78, 5) is 15.2. The normalized spacial score (nSPS) is 11.4. The van der Waals surface area contributed by atoms with Crippen LogP contribution in [0, 0.1) is 0 Å². The third-order valence-corrected chi connectivity index (χ3v) is 1.68. The minimum Gasteiger partial charge on any atom is -0.366 e. The summed E-state index contributed by atoms with van der Waals surface area (Å²) in [7, 11) is 0. The zero-order valence-corrected chi connectivity index (χ0v) is 8.16. The van der Waals surface area contributed by atoms with Crippen LogP contribution in [0.15, 0.2) is 0 Å². The molecule has 1 amide bonds. The zero-order chi connectivity index (χ0) is 10.8. The molecule has 1 heterocycles. The number of aromatic amines is 1. The third kappa shape index (κ3) is 2.43. The van der Waals surface area contributed by atoms with Gasteiger partial charge in [-0.2, -0.15) is 4.98 Å². The van der Waals surface area contributed by atoms with Gasteiger partial charge < -0.3 is 16.8 Å². The van der Waals surface area contributed by atoms with Gasteiger partial charge in [-0.3, -0.25) is 9.89 Å². The Morgan fingerprint density at radius 3 is 2.71 bits per heavy atom. The highest BCUT2D eigenvalue weighted by Crippen LogP contribution is 2.01. The van der Waals surface area contributed by atoms with Gasteiger partial charge >= 0.3 is 0 Å². The molecule has 0 bridgehead atoms. The van der Waals surface area contributed by atoms with E-state index in [1.807, 2.05) is 13.8 Å². The molecule has 0 atom stereocenters. The monoisotopic (exact) mass is 198 g/mol. The van der Waals surface area contributed by atoms with E-state index in [9.17, 15) is 4.79 Å². The van der Waals surface area contributed by atoms with Crippen molar-refractivity contribution in [1.29, 1.82) is 0 Å². The molecule has 0 aliphatic carbocycles. The van der Waals surface area contributed by atoms with E-state index in [0.29, 0.717) is 6.54 Å². The minimum absolute atomic E-state index is 0.0423. The SMILES string of the molecule is CC(C)(CN)NC(=O)c1nc(N)n[nH]1. The molecule has 0 fully saturated rings. The first-order chi connectivity index (χ1) is 6.44. The van der Waals surface area contributed by atoms with Crippen LogP contribution in [0.5, 0.6) is 0 Å². The average Bonchev–Trinajstić information content (AvgIpc) is 2.51. The van der Waals surface area contributed by atoms with Gasteiger partial charge in [0.15, 0.2) is 0 Å². The smallest absolute Gasteiger partial charge is 0.289 e. The van der Waals surface area contributed by atoms with E-state index in [0.717, 1.165) is 0 Å². The number of amides is 1. The van der Waals surface area contributed by atoms with Crippen molar-refractivity contribution in [2.75, 3.05) is 12.3 Å². The van der Waals surface area contributed by atoms with E-state index in [2.05, 4.69) is 20.5 Å². The number of carbonyl (C=O) groups excluding carboxylic acids is 1. The second kappa shape index (κ2) is 3.62. The Morgan fingerprint density at radius 1 is 1.64 bits per heavy atom. The Hall–Kier alpha value is -1.63. The maximum Gasteiger partial charge on any atom is 0.289 e. The highest BCUT2D eigenvalue weighted by Gasteiger charge is 2.21. The Balaban J connectivity index is 2.68. The topological polar surface area (TPSA) is 123 Å². The van der Waals surface area contributed by atoms with Crippen LogP contribution in [0.25, 0.3) is 0 Å². The Bertz CT molecular complexity index is 331. The summed E-state index contributed by atoms with van der Waals surface area (Å²) in [6.45, 7) is 3.96. The fourth-order valence-corrected chi connectivity index (χ4v) is 0.794. The first kappa shape index (κ1) is 10.5. The maximum atomic E-state index is 11.5. The molecule has 0 saturated carbocycles. The van der Waals surface area contributed by atoms with E-state index in [1.54, 1.807) is 0 Å². The van der Waals surface area contributed by atoms with E-state index >= 15 is 0 Å². The van der Waals surface area contributed by atoms with Gasteiger partial charge in [0.2, 0.25) is 11.8 Å².